The maximum absolute atomic E-state index is 9.07. The van der Waals surface area contributed by atoms with Gasteiger partial charge in [0.05, 0.1) is 0 Å². The molecule has 0 aromatic heterocycles. The number of halogens is 1. The Hall–Kier alpha value is 0.130. The van der Waals surface area contributed by atoms with Crippen LogP contribution in [0.25, 0.3) is 0 Å². The summed E-state index contributed by atoms with van der Waals surface area (Å²) in [4.78, 5) is 0. The van der Waals surface area contributed by atoms with Gasteiger partial charge in [0.1, 0.15) is 12.2 Å². The molecule has 1 unspecified atom stereocenters. The molecule has 0 saturated carbocycles. The van der Waals surface area contributed by atoms with Crippen LogP contribution >= 0.6 is 22.6 Å². The molecule has 0 bridgehead atoms. The van der Waals surface area contributed by atoms with Crippen molar-refractivity contribution < 1.29 is 10.2 Å². The summed E-state index contributed by atoms with van der Waals surface area (Å²) >= 11 is 2.00. The van der Waals surface area contributed by atoms with Crippen molar-refractivity contribution in [3.05, 3.63) is 21.8 Å². The fraction of sp³-hybridized carbons (Fsp3) is 0.333. The summed E-state index contributed by atoms with van der Waals surface area (Å²) in [5.41, 5.74) is 0. The molecule has 0 aromatic rings. The fourth-order valence-electron chi connectivity index (χ4n) is 0.628. The number of rotatable bonds is 0. The Bertz CT molecular complexity index is 162. The summed E-state index contributed by atoms with van der Waals surface area (Å²) in [7, 11) is 0. The van der Waals surface area contributed by atoms with Gasteiger partial charge < -0.3 is 10.2 Å². The lowest BCUT2D eigenvalue weighted by molar-refractivity contribution is 0.0782. The van der Waals surface area contributed by atoms with Gasteiger partial charge in [-0.05, 0) is 22.6 Å². The van der Waals surface area contributed by atoms with Crippen LogP contribution < -0.4 is 0 Å². The van der Waals surface area contributed by atoms with Gasteiger partial charge in [-0.1, -0.05) is 18.2 Å². The van der Waals surface area contributed by atoms with Gasteiger partial charge in [-0.2, -0.15) is 0 Å². The van der Waals surface area contributed by atoms with E-state index in [9.17, 15) is 0 Å². The number of hydrogen-bond donors (Lipinski definition) is 2. The van der Waals surface area contributed by atoms with Gasteiger partial charge in [-0.15, -0.1) is 0 Å². The summed E-state index contributed by atoms with van der Waals surface area (Å²) in [5.74, 6) is 0. The monoisotopic (exact) mass is 238 g/mol. The third kappa shape index (κ3) is 1.53. The predicted molar refractivity (Wildman–Crippen MR) is 43.3 cm³/mol. The van der Waals surface area contributed by atoms with Gasteiger partial charge in [0, 0.05) is 3.58 Å². The molecule has 0 radical (unpaired) electrons. The third-order valence-electron chi connectivity index (χ3n) is 1.17. The molecule has 1 aliphatic rings. The van der Waals surface area contributed by atoms with Crippen LogP contribution in [0, 0.1) is 0 Å². The van der Waals surface area contributed by atoms with E-state index in [-0.39, 0.29) is 0 Å². The zero-order valence-corrected chi connectivity index (χ0v) is 6.82. The van der Waals surface area contributed by atoms with E-state index < -0.39 is 12.2 Å². The molecule has 0 aliphatic heterocycles. The molecule has 50 valence electrons. The Balaban J connectivity index is 2.73. The first-order valence-corrected chi connectivity index (χ1v) is 3.69. The Morgan fingerprint density at radius 1 is 1.44 bits per heavy atom. The lowest BCUT2D eigenvalue weighted by atomic mass is 10.1. The molecule has 2 nitrogen and oxygen atoms in total. The van der Waals surface area contributed by atoms with Gasteiger partial charge in [0.2, 0.25) is 0 Å². The van der Waals surface area contributed by atoms with Crippen LogP contribution in [-0.4, -0.2) is 22.4 Å². The largest absolute Gasteiger partial charge is 0.386 e. The Kier molecular flexibility index (Phi) is 2.26. The molecule has 0 fully saturated rings. The molecular weight excluding hydrogens is 231 g/mol. The van der Waals surface area contributed by atoms with E-state index in [0.29, 0.717) is 0 Å². The highest BCUT2D eigenvalue weighted by molar-refractivity contribution is 14.1. The summed E-state index contributed by atoms with van der Waals surface area (Å²) in [6.07, 6.45) is 3.64. The summed E-state index contributed by atoms with van der Waals surface area (Å²) in [6.45, 7) is 0. The lowest BCUT2D eigenvalue weighted by Gasteiger charge is -2.16. The smallest absolute Gasteiger partial charge is 0.114 e. The molecule has 0 spiro atoms. The molecule has 0 saturated heterocycles. The van der Waals surface area contributed by atoms with E-state index in [1.165, 1.54) is 0 Å². The van der Waals surface area contributed by atoms with Crippen molar-refractivity contribution in [2.45, 2.75) is 12.2 Å². The second-order valence-corrected chi connectivity index (χ2v) is 3.12. The molecule has 0 aromatic carbocycles. The minimum Gasteiger partial charge on any atom is -0.386 e. The Morgan fingerprint density at radius 3 is 2.56 bits per heavy atom. The summed E-state index contributed by atoms with van der Waals surface area (Å²) < 4.78 is 0.780. The van der Waals surface area contributed by atoms with Crippen molar-refractivity contribution in [3.8, 4) is 0 Å². The molecular formula is C6H7IO2. The highest BCUT2D eigenvalue weighted by Crippen LogP contribution is 2.18. The highest BCUT2D eigenvalue weighted by Gasteiger charge is 2.17. The quantitative estimate of drug-likeness (QED) is 0.606. The van der Waals surface area contributed by atoms with E-state index in [1.54, 1.807) is 18.2 Å². The van der Waals surface area contributed by atoms with Gasteiger partial charge in [0.25, 0.3) is 0 Å². The zero-order chi connectivity index (χ0) is 6.85. The van der Waals surface area contributed by atoms with E-state index in [2.05, 4.69) is 0 Å². The van der Waals surface area contributed by atoms with Crippen molar-refractivity contribution >= 4 is 22.6 Å². The summed E-state index contributed by atoms with van der Waals surface area (Å²) in [5, 5.41) is 18.0. The third-order valence-corrected chi connectivity index (χ3v) is 2.17. The van der Waals surface area contributed by atoms with Crippen molar-refractivity contribution in [1.29, 1.82) is 0 Å². The van der Waals surface area contributed by atoms with Crippen LogP contribution in [0.5, 0.6) is 0 Å². The van der Waals surface area contributed by atoms with E-state index >= 15 is 0 Å². The van der Waals surface area contributed by atoms with Crippen LogP contribution in [0.4, 0.5) is 0 Å². The average molecular weight is 238 g/mol. The second kappa shape index (κ2) is 2.81. The van der Waals surface area contributed by atoms with Gasteiger partial charge in [0.15, 0.2) is 0 Å². The topological polar surface area (TPSA) is 40.5 Å². The Morgan fingerprint density at radius 2 is 2.11 bits per heavy atom. The van der Waals surface area contributed by atoms with Crippen molar-refractivity contribution in [2.24, 2.45) is 0 Å². The van der Waals surface area contributed by atoms with Crippen molar-refractivity contribution in [3.63, 3.8) is 0 Å². The number of hydrogen-bond acceptors (Lipinski definition) is 2. The normalized spacial score (nSPS) is 34.3. The highest BCUT2D eigenvalue weighted by atomic mass is 127. The Labute approximate surface area is 67.0 Å². The first-order chi connectivity index (χ1) is 4.22. The molecule has 1 aliphatic carbocycles. The average Bonchev–Trinajstić information content (AvgIpc) is 1.83. The minimum absolute atomic E-state index is 0.712. The fourth-order valence-corrected chi connectivity index (χ4v) is 1.20. The van der Waals surface area contributed by atoms with Crippen LogP contribution in [-0.2, 0) is 0 Å². The van der Waals surface area contributed by atoms with E-state index in [0.717, 1.165) is 3.58 Å². The minimum atomic E-state index is -0.720. The van der Waals surface area contributed by atoms with Crippen LogP contribution in [0.15, 0.2) is 21.8 Å². The maximum Gasteiger partial charge on any atom is 0.114 e. The number of aliphatic hydroxyl groups is 2. The van der Waals surface area contributed by atoms with Crippen LogP contribution in [0.2, 0.25) is 0 Å². The molecule has 2 N–H and O–H groups in total. The zero-order valence-electron chi connectivity index (χ0n) is 4.66. The number of aliphatic hydroxyl groups excluding tert-OH is 2. The SMILES string of the molecule is OC1C(I)=CC=C[C@@H]1O. The second-order valence-electron chi connectivity index (χ2n) is 1.87. The standard InChI is InChI=1S/C6H7IO2/c7-4-2-1-3-5(8)6(4)9/h1-3,5-6,8-9H/t5-,6?/m0/s1. The van der Waals surface area contributed by atoms with Crippen LogP contribution in [0.1, 0.15) is 0 Å². The predicted octanol–water partition coefficient (Wildman–Crippen LogP) is 0.597. The van der Waals surface area contributed by atoms with E-state index in [1.807, 2.05) is 22.6 Å². The molecule has 9 heavy (non-hydrogen) atoms. The number of allylic oxidation sites excluding steroid dienone is 2. The lowest BCUT2D eigenvalue weighted by Crippen LogP contribution is -2.25. The van der Waals surface area contributed by atoms with Crippen molar-refractivity contribution in [1.82, 2.24) is 0 Å². The van der Waals surface area contributed by atoms with E-state index in [4.69, 9.17) is 10.2 Å². The van der Waals surface area contributed by atoms with Gasteiger partial charge in [-0.3, -0.25) is 0 Å². The maximum atomic E-state index is 9.07. The summed E-state index contributed by atoms with van der Waals surface area (Å²) in [6, 6.07) is 0. The van der Waals surface area contributed by atoms with Gasteiger partial charge in [-0.25, -0.2) is 0 Å². The molecule has 0 heterocycles. The van der Waals surface area contributed by atoms with Crippen LogP contribution in [0.3, 0.4) is 0 Å². The van der Waals surface area contributed by atoms with Gasteiger partial charge >= 0.3 is 0 Å². The first kappa shape index (κ1) is 7.24. The molecule has 1 rings (SSSR count). The molecule has 3 heteroatoms. The first-order valence-electron chi connectivity index (χ1n) is 2.62. The molecule has 0 amide bonds. The van der Waals surface area contributed by atoms with Crippen molar-refractivity contribution in [2.75, 3.05) is 0 Å². The molecule has 2 atom stereocenters.